The molecule has 110 valence electrons. The first-order chi connectivity index (χ1) is 9.30. The molecule has 0 aromatic carbocycles. The van der Waals surface area contributed by atoms with E-state index in [1.165, 1.54) is 0 Å². The lowest BCUT2D eigenvalue weighted by molar-refractivity contribution is -0.138. The number of aryl methyl sites for hydroxylation is 1. The highest BCUT2D eigenvalue weighted by molar-refractivity contribution is 7.91. The molecule has 20 heavy (non-hydrogen) atoms. The minimum Gasteiger partial charge on any atom is -0.480 e. The standard InChI is InChI=1S/C12H16N2O5S/c1-13-5-2-3-10(13)12(17)14(7-11(15)16)9-4-6-20(18,19)8-9/h2-3,5,9H,4,6-8H2,1H3,(H,15,16). The lowest BCUT2D eigenvalue weighted by Gasteiger charge is -2.26. The molecule has 2 heterocycles. The molecule has 2 rings (SSSR count). The maximum Gasteiger partial charge on any atom is 0.323 e. The molecule has 0 saturated carbocycles. The first-order valence-electron chi connectivity index (χ1n) is 6.14. The Morgan fingerprint density at radius 2 is 2.20 bits per heavy atom. The van der Waals surface area contributed by atoms with Gasteiger partial charge in [-0.2, -0.15) is 0 Å². The number of aromatic nitrogens is 1. The van der Waals surface area contributed by atoms with Gasteiger partial charge in [-0.05, 0) is 18.6 Å². The molecule has 7 nitrogen and oxygen atoms in total. The Morgan fingerprint density at radius 1 is 1.50 bits per heavy atom. The number of nitrogens with zero attached hydrogens (tertiary/aromatic N) is 2. The number of carbonyl (C=O) groups excluding carboxylic acids is 1. The number of sulfone groups is 1. The number of carboxylic acids is 1. The van der Waals surface area contributed by atoms with Crippen molar-refractivity contribution in [2.45, 2.75) is 12.5 Å². The Kier molecular flexibility index (Phi) is 3.85. The Bertz CT molecular complexity index is 634. The van der Waals surface area contributed by atoms with Crippen molar-refractivity contribution in [3.05, 3.63) is 24.0 Å². The van der Waals surface area contributed by atoms with Gasteiger partial charge in [0.1, 0.15) is 12.2 Å². The van der Waals surface area contributed by atoms with Gasteiger partial charge in [-0.3, -0.25) is 9.59 Å². The Morgan fingerprint density at radius 3 is 2.65 bits per heavy atom. The maximum atomic E-state index is 12.4. The highest BCUT2D eigenvalue weighted by atomic mass is 32.2. The summed E-state index contributed by atoms with van der Waals surface area (Å²) in [6, 6.07) is 2.69. The molecule has 0 bridgehead atoms. The summed E-state index contributed by atoms with van der Waals surface area (Å²) in [5.74, 6) is -1.79. The number of carboxylic acid groups (broad SMARTS) is 1. The summed E-state index contributed by atoms with van der Waals surface area (Å²) in [6.45, 7) is -0.496. The fourth-order valence-corrected chi connectivity index (χ4v) is 4.09. The highest BCUT2D eigenvalue weighted by Gasteiger charge is 2.36. The molecule has 1 aliphatic rings. The van der Waals surface area contributed by atoms with Gasteiger partial charge in [0, 0.05) is 19.3 Å². The van der Waals surface area contributed by atoms with E-state index in [1.54, 1.807) is 29.9 Å². The summed E-state index contributed by atoms with van der Waals surface area (Å²) in [5, 5.41) is 8.94. The van der Waals surface area contributed by atoms with Gasteiger partial charge in [0.25, 0.3) is 5.91 Å². The Balaban J connectivity index is 2.27. The predicted molar refractivity (Wildman–Crippen MR) is 71.1 cm³/mol. The van der Waals surface area contributed by atoms with Crippen molar-refractivity contribution in [3.63, 3.8) is 0 Å². The topological polar surface area (TPSA) is 96.7 Å². The van der Waals surface area contributed by atoms with Gasteiger partial charge in [-0.15, -0.1) is 0 Å². The molecule has 0 aliphatic carbocycles. The third kappa shape index (κ3) is 3.01. The van der Waals surface area contributed by atoms with E-state index < -0.39 is 34.3 Å². The number of aliphatic carboxylic acids is 1. The summed E-state index contributed by atoms with van der Waals surface area (Å²) in [4.78, 5) is 24.5. The van der Waals surface area contributed by atoms with E-state index in [0.717, 1.165) is 4.90 Å². The van der Waals surface area contributed by atoms with Crippen molar-refractivity contribution in [2.24, 2.45) is 7.05 Å². The van der Waals surface area contributed by atoms with Crippen LogP contribution in [0.3, 0.4) is 0 Å². The molecule has 1 aromatic rings. The van der Waals surface area contributed by atoms with E-state index in [4.69, 9.17) is 5.11 Å². The SMILES string of the molecule is Cn1cccc1C(=O)N(CC(=O)O)C1CCS(=O)(=O)C1. The molecule has 0 spiro atoms. The van der Waals surface area contributed by atoms with Crippen molar-refractivity contribution in [3.8, 4) is 0 Å². The monoisotopic (exact) mass is 300 g/mol. The summed E-state index contributed by atoms with van der Waals surface area (Å²) < 4.78 is 24.6. The second kappa shape index (κ2) is 5.28. The van der Waals surface area contributed by atoms with Crippen LogP contribution in [0, 0.1) is 0 Å². The molecule has 0 radical (unpaired) electrons. The van der Waals surface area contributed by atoms with Crippen LogP contribution in [0.25, 0.3) is 0 Å². The van der Waals surface area contributed by atoms with Crippen molar-refractivity contribution >= 4 is 21.7 Å². The number of rotatable bonds is 4. The smallest absolute Gasteiger partial charge is 0.323 e. The Hall–Kier alpha value is -1.83. The van der Waals surface area contributed by atoms with Crippen LogP contribution in [0.1, 0.15) is 16.9 Å². The molecule has 1 unspecified atom stereocenters. The summed E-state index contributed by atoms with van der Waals surface area (Å²) in [5.41, 5.74) is 0.343. The zero-order chi connectivity index (χ0) is 14.9. The zero-order valence-corrected chi connectivity index (χ0v) is 11.8. The molecular weight excluding hydrogens is 284 g/mol. The minimum absolute atomic E-state index is 0.00575. The summed E-state index contributed by atoms with van der Waals surface area (Å²) in [7, 11) is -1.50. The van der Waals surface area contributed by atoms with E-state index >= 15 is 0 Å². The lowest BCUT2D eigenvalue weighted by Crippen LogP contribution is -2.44. The van der Waals surface area contributed by atoms with E-state index in [2.05, 4.69) is 0 Å². The fourth-order valence-electron chi connectivity index (χ4n) is 2.36. The number of carbonyl (C=O) groups is 2. The fraction of sp³-hybridized carbons (Fsp3) is 0.500. The quantitative estimate of drug-likeness (QED) is 0.826. The number of amides is 1. The molecule has 1 aromatic heterocycles. The molecule has 1 amide bonds. The zero-order valence-electron chi connectivity index (χ0n) is 11.0. The van der Waals surface area contributed by atoms with Gasteiger partial charge in [0.15, 0.2) is 9.84 Å². The van der Waals surface area contributed by atoms with Crippen molar-refractivity contribution in [2.75, 3.05) is 18.1 Å². The third-order valence-electron chi connectivity index (χ3n) is 3.38. The van der Waals surface area contributed by atoms with Crippen molar-refractivity contribution < 1.29 is 23.1 Å². The molecule has 1 N–H and O–H groups in total. The van der Waals surface area contributed by atoms with Crippen molar-refractivity contribution in [1.29, 1.82) is 0 Å². The van der Waals surface area contributed by atoms with Crippen LogP contribution in [0.2, 0.25) is 0 Å². The van der Waals surface area contributed by atoms with Crippen molar-refractivity contribution in [1.82, 2.24) is 9.47 Å². The van der Waals surface area contributed by atoms with E-state index in [-0.39, 0.29) is 17.9 Å². The molecule has 8 heteroatoms. The average Bonchev–Trinajstić information content (AvgIpc) is 2.91. The summed E-state index contributed by atoms with van der Waals surface area (Å²) in [6.07, 6.45) is 1.96. The van der Waals surface area contributed by atoms with Gasteiger partial charge in [0.2, 0.25) is 0 Å². The van der Waals surface area contributed by atoms with E-state index in [9.17, 15) is 18.0 Å². The molecule has 1 atom stereocenters. The first kappa shape index (κ1) is 14.6. The summed E-state index contributed by atoms with van der Waals surface area (Å²) >= 11 is 0. The van der Waals surface area contributed by atoms with E-state index in [0.29, 0.717) is 5.69 Å². The van der Waals surface area contributed by atoms with Crippen LogP contribution < -0.4 is 0 Å². The number of hydrogen-bond donors (Lipinski definition) is 1. The molecular formula is C12H16N2O5S. The average molecular weight is 300 g/mol. The van der Waals surface area contributed by atoms with Gasteiger partial charge in [-0.25, -0.2) is 8.42 Å². The minimum atomic E-state index is -3.18. The third-order valence-corrected chi connectivity index (χ3v) is 5.13. The van der Waals surface area contributed by atoms with Crippen LogP contribution in [0.4, 0.5) is 0 Å². The maximum absolute atomic E-state index is 12.4. The van der Waals surface area contributed by atoms with Crippen LogP contribution in [0.5, 0.6) is 0 Å². The van der Waals surface area contributed by atoms with Gasteiger partial charge in [-0.1, -0.05) is 0 Å². The second-order valence-corrected chi connectivity index (χ2v) is 7.12. The predicted octanol–water partition coefficient (Wildman–Crippen LogP) is -0.261. The van der Waals surface area contributed by atoms with Crippen LogP contribution >= 0.6 is 0 Å². The lowest BCUT2D eigenvalue weighted by atomic mass is 10.2. The van der Waals surface area contributed by atoms with Crippen LogP contribution in [0.15, 0.2) is 18.3 Å². The van der Waals surface area contributed by atoms with Crippen LogP contribution in [-0.4, -0.2) is 59.0 Å². The highest BCUT2D eigenvalue weighted by Crippen LogP contribution is 2.20. The van der Waals surface area contributed by atoms with Gasteiger partial charge >= 0.3 is 5.97 Å². The molecule has 1 aliphatic heterocycles. The van der Waals surface area contributed by atoms with Gasteiger partial charge in [0.05, 0.1) is 11.5 Å². The number of hydrogen-bond acceptors (Lipinski definition) is 4. The molecule has 1 fully saturated rings. The normalized spacial score (nSPS) is 20.8. The Labute approximate surface area is 116 Å². The second-order valence-electron chi connectivity index (χ2n) is 4.89. The van der Waals surface area contributed by atoms with E-state index in [1.807, 2.05) is 0 Å². The first-order valence-corrected chi connectivity index (χ1v) is 7.97. The van der Waals surface area contributed by atoms with Crippen LogP contribution in [-0.2, 0) is 21.7 Å². The van der Waals surface area contributed by atoms with Gasteiger partial charge < -0.3 is 14.6 Å². The largest absolute Gasteiger partial charge is 0.480 e. The molecule has 1 saturated heterocycles.